The van der Waals surface area contributed by atoms with E-state index >= 15 is 0 Å². The van der Waals surface area contributed by atoms with Crippen molar-refractivity contribution in [2.45, 2.75) is 52.1 Å². The number of anilines is 2. The van der Waals surface area contributed by atoms with Gasteiger partial charge in [0.25, 0.3) is 0 Å². The number of likely N-dealkylation sites (N-methyl/N-ethyl adjacent to an activating group) is 1. The Bertz CT molecular complexity index is 537. The molecule has 24 heavy (non-hydrogen) atoms. The van der Waals surface area contributed by atoms with E-state index in [0.717, 1.165) is 37.4 Å². The molecule has 2 N–H and O–H groups in total. The number of nitrogens with zero attached hydrogens (tertiary/aromatic N) is 4. The summed E-state index contributed by atoms with van der Waals surface area (Å²) in [6, 6.07) is 2.15. The number of carbonyl (C=O) groups excluding carboxylic acids is 1. The molecule has 2 heterocycles. The van der Waals surface area contributed by atoms with Gasteiger partial charge in [0.15, 0.2) is 0 Å². The third kappa shape index (κ3) is 4.80. The molecule has 0 aliphatic carbocycles. The van der Waals surface area contributed by atoms with E-state index in [4.69, 9.17) is 0 Å². The molecule has 7 heteroatoms. The van der Waals surface area contributed by atoms with E-state index in [2.05, 4.69) is 20.2 Å². The SMILES string of the molecule is CCN(CC(=O)NC(C)C)c1cc(N2CCCCC2CO)ncn1. The van der Waals surface area contributed by atoms with Gasteiger partial charge in [0.2, 0.25) is 5.91 Å². The Morgan fingerprint density at radius 1 is 1.46 bits per heavy atom. The largest absolute Gasteiger partial charge is 0.394 e. The fourth-order valence-corrected chi connectivity index (χ4v) is 3.05. The average Bonchev–Trinajstić information content (AvgIpc) is 2.59. The molecule has 2 rings (SSSR count). The predicted octanol–water partition coefficient (Wildman–Crippen LogP) is 1.18. The lowest BCUT2D eigenvalue weighted by atomic mass is 10.0. The van der Waals surface area contributed by atoms with Gasteiger partial charge in [-0.2, -0.15) is 0 Å². The number of amides is 1. The van der Waals surface area contributed by atoms with Crippen LogP contribution in [0, 0.1) is 0 Å². The highest BCUT2D eigenvalue weighted by atomic mass is 16.3. The van der Waals surface area contributed by atoms with Crippen LogP contribution in [0.1, 0.15) is 40.0 Å². The smallest absolute Gasteiger partial charge is 0.239 e. The average molecular weight is 335 g/mol. The zero-order valence-electron chi connectivity index (χ0n) is 14.9. The van der Waals surface area contributed by atoms with Crippen molar-refractivity contribution in [3.63, 3.8) is 0 Å². The highest BCUT2D eigenvalue weighted by molar-refractivity contribution is 5.81. The van der Waals surface area contributed by atoms with Crippen LogP contribution in [-0.4, -0.2) is 59.3 Å². The number of hydrogen-bond donors (Lipinski definition) is 2. The summed E-state index contributed by atoms with van der Waals surface area (Å²) in [5, 5.41) is 12.5. The highest BCUT2D eigenvalue weighted by Crippen LogP contribution is 2.25. The van der Waals surface area contributed by atoms with Crippen LogP contribution in [0.15, 0.2) is 12.4 Å². The molecule has 1 aliphatic heterocycles. The number of carbonyl (C=O) groups is 1. The Morgan fingerprint density at radius 3 is 2.92 bits per heavy atom. The molecule has 1 unspecified atom stereocenters. The number of rotatable bonds is 7. The molecule has 0 aromatic carbocycles. The van der Waals surface area contributed by atoms with Gasteiger partial charge in [-0.25, -0.2) is 9.97 Å². The van der Waals surface area contributed by atoms with Gasteiger partial charge in [-0.05, 0) is 40.0 Å². The summed E-state index contributed by atoms with van der Waals surface area (Å²) in [4.78, 5) is 24.8. The molecule has 0 spiro atoms. The van der Waals surface area contributed by atoms with Crippen molar-refractivity contribution in [2.75, 3.05) is 36.0 Å². The lowest BCUT2D eigenvalue weighted by Gasteiger charge is -2.36. The van der Waals surface area contributed by atoms with E-state index in [1.54, 1.807) is 0 Å². The fourth-order valence-electron chi connectivity index (χ4n) is 3.05. The van der Waals surface area contributed by atoms with E-state index in [1.807, 2.05) is 31.7 Å². The summed E-state index contributed by atoms with van der Waals surface area (Å²) in [5.41, 5.74) is 0. The maximum absolute atomic E-state index is 12.0. The molecule has 0 radical (unpaired) electrons. The van der Waals surface area contributed by atoms with E-state index in [1.165, 1.54) is 6.33 Å². The molecule has 1 aromatic heterocycles. The van der Waals surface area contributed by atoms with Crippen molar-refractivity contribution >= 4 is 17.5 Å². The fraction of sp³-hybridized carbons (Fsp3) is 0.706. The Morgan fingerprint density at radius 2 is 2.25 bits per heavy atom. The number of hydrogen-bond acceptors (Lipinski definition) is 6. The van der Waals surface area contributed by atoms with Crippen LogP contribution in [0.3, 0.4) is 0 Å². The minimum atomic E-state index is -0.0155. The third-order valence-corrected chi connectivity index (χ3v) is 4.26. The summed E-state index contributed by atoms with van der Waals surface area (Å²) in [7, 11) is 0. The van der Waals surface area contributed by atoms with Crippen molar-refractivity contribution in [3.05, 3.63) is 12.4 Å². The van der Waals surface area contributed by atoms with Crippen LogP contribution in [0.2, 0.25) is 0 Å². The van der Waals surface area contributed by atoms with Gasteiger partial charge in [0.1, 0.15) is 18.0 Å². The van der Waals surface area contributed by atoms with Gasteiger partial charge >= 0.3 is 0 Å². The first-order valence-electron chi connectivity index (χ1n) is 8.79. The normalized spacial score (nSPS) is 17.9. The second kappa shape index (κ2) is 8.82. The van der Waals surface area contributed by atoms with Gasteiger partial charge in [-0.1, -0.05) is 0 Å². The lowest BCUT2D eigenvalue weighted by molar-refractivity contribution is -0.120. The maximum atomic E-state index is 12.0. The van der Waals surface area contributed by atoms with E-state index in [0.29, 0.717) is 6.54 Å². The van der Waals surface area contributed by atoms with Crippen LogP contribution >= 0.6 is 0 Å². The first-order valence-corrected chi connectivity index (χ1v) is 8.79. The van der Waals surface area contributed by atoms with E-state index in [-0.39, 0.29) is 31.1 Å². The quantitative estimate of drug-likeness (QED) is 0.779. The molecule has 1 aliphatic rings. The third-order valence-electron chi connectivity index (χ3n) is 4.26. The van der Waals surface area contributed by atoms with Crippen LogP contribution in [0.4, 0.5) is 11.6 Å². The van der Waals surface area contributed by atoms with Crippen LogP contribution < -0.4 is 15.1 Å². The van der Waals surface area contributed by atoms with Crippen molar-refractivity contribution in [3.8, 4) is 0 Å². The molecule has 0 saturated carbocycles. The van der Waals surface area contributed by atoms with E-state index < -0.39 is 0 Å². The van der Waals surface area contributed by atoms with Gasteiger partial charge in [0, 0.05) is 25.2 Å². The molecule has 1 atom stereocenters. The number of piperidine rings is 1. The lowest BCUT2D eigenvalue weighted by Crippen LogP contribution is -2.43. The molecule has 134 valence electrons. The molecular weight excluding hydrogens is 306 g/mol. The standard InChI is InChI=1S/C17H29N5O2/c1-4-21(10-17(24)20-13(2)3)15-9-16(19-12-18-15)22-8-6-5-7-14(22)11-23/h9,12-14,23H,4-8,10-11H2,1-3H3,(H,20,24). The first-order chi connectivity index (χ1) is 11.5. The number of aliphatic hydroxyl groups is 1. The summed E-state index contributed by atoms with van der Waals surface area (Å²) >= 11 is 0. The Labute approximate surface area is 144 Å². The molecule has 1 aromatic rings. The zero-order valence-corrected chi connectivity index (χ0v) is 14.9. The maximum Gasteiger partial charge on any atom is 0.239 e. The summed E-state index contributed by atoms with van der Waals surface area (Å²) in [6.45, 7) is 7.88. The van der Waals surface area contributed by atoms with Crippen molar-refractivity contribution in [1.82, 2.24) is 15.3 Å². The molecular formula is C17H29N5O2. The number of aromatic nitrogens is 2. The van der Waals surface area contributed by atoms with Gasteiger partial charge in [-0.15, -0.1) is 0 Å². The van der Waals surface area contributed by atoms with Crippen LogP contribution in [0.25, 0.3) is 0 Å². The Kier molecular flexibility index (Phi) is 6.78. The topological polar surface area (TPSA) is 81.6 Å². The summed E-state index contributed by atoms with van der Waals surface area (Å²) in [5.74, 6) is 1.54. The van der Waals surface area contributed by atoms with E-state index in [9.17, 15) is 9.90 Å². The van der Waals surface area contributed by atoms with Crippen molar-refractivity contribution < 1.29 is 9.90 Å². The monoisotopic (exact) mass is 335 g/mol. The minimum Gasteiger partial charge on any atom is -0.394 e. The summed E-state index contributed by atoms with van der Waals surface area (Å²) < 4.78 is 0. The Hall–Kier alpha value is -1.89. The predicted molar refractivity (Wildman–Crippen MR) is 95.3 cm³/mol. The first kappa shape index (κ1) is 18.4. The molecule has 1 fully saturated rings. The second-order valence-corrected chi connectivity index (χ2v) is 6.50. The van der Waals surface area contributed by atoms with Gasteiger partial charge in [-0.3, -0.25) is 4.79 Å². The molecule has 1 saturated heterocycles. The minimum absolute atomic E-state index is 0.0155. The zero-order chi connectivity index (χ0) is 17.5. The number of nitrogens with one attached hydrogen (secondary N) is 1. The number of aliphatic hydroxyl groups excluding tert-OH is 1. The van der Waals surface area contributed by atoms with Crippen LogP contribution in [0.5, 0.6) is 0 Å². The summed E-state index contributed by atoms with van der Waals surface area (Å²) in [6.07, 6.45) is 4.75. The molecule has 1 amide bonds. The molecule has 7 nitrogen and oxygen atoms in total. The second-order valence-electron chi connectivity index (χ2n) is 6.50. The Balaban J connectivity index is 2.13. The molecule has 0 bridgehead atoms. The highest BCUT2D eigenvalue weighted by Gasteiger charge is 2.23. The van der Waals surface area contributed by atoms with Gasteiger partial charge in [0.05, 0.1) is 19.2 Å². The van der Waals surface area contributed by atoms with Crippen LogP contribution in [-0.2, 0) is 4.79 Å². The van der Waals surface area contributed by atoms with Crippen molar-refractivity contribution in [2.24, 2.45) is 0 Å². The van der Waals surface area contributed by atoms with Crippen molar-refractivity contribution in [1.29, 1.82) is 0 Å². The van der Waals surface area contributed by atoms with Gasteiger partial charge < -0.3 is 20.2 Å².